The number of aromatic nitrogens is 1. The number of nitrogens with zero attached hydrogens (tertiary/aromatic N) is 3. The van der Waals surface area contributed by atoms with Gasteiger partial charge in [0.2, 0.25) is 0 Å². The summed E-state index contributed by atoms with van der Waals surface area (Å²) in [5, 5.41) is 4.78. The van der Waals surface area contributed by atoms with Crippen molar-refractivity contribution < 1.29 is 13.2 Å². The second-order valence-corrected chi connectivity index (χ2v) is 11.3. The zero-order chi connectivity index (χ0) is 27.4. The summed E-state index contributed by atoms with van der Waals surface area (Å²) in [6.07, 6.45) is 1.55. The number of sulfonamides is 1. The van der Waals surface area contributed by atoms with E-state index in [1.165, 1.54) is 0 Å². The summed E-state index contributed by atoms with van der Waals surface area (Å²) in [6.45, 7) is 7.20. The fourth-order valence-corrected chi connectivity index (χ4v) is 5.84. The molecule has 0 saturated heterocycles. The van der Waals surface area contributed by atoms with Crippen LogP contribution in [0.3, 0.4) is 0 Å². The van der Waals surface area contributed by atoms with Crippen LogP contribution < -0.4 is 9.73 Å². The highest BCUT2D eigenvalue weighted by Crippen LogP contribution is 2.27. The lowest BCUT2D eigenvalue weighted by Gasteiger charge is -2.25. The van der Waals surface area contributed by atoms with Crippen LogP contribution in [0.15, 0.2) is 88.9 Å². The van der Waals surface area contributed by atoms with Crippen molar-refractivity contribution >= 4 is 39.4 Å². The number of amides is 1. The zero-order valence-electron chi connectivity index (χ0n) is 21.6. The van der Waals surface area contributed by atoms with E-state index in [0.717, 1.165) is 38.1 Å². The first kappa shape index (κ1) is 27.2. The minimum Gasteiger partial charge on any atom is -0.318 e. The first-order valence-electron chi connectivity index (χ1n) is 12.0. The Kier molecular flexibility index (Phi) is 8.04. The van der Waals surface area contributed by atoms with Crippen LogP contribution in [0.1, 0.15) is 28.1 Å². The Hall–Kier alpha value is -3.88. The van der Waals surface area contributed by atoms with Gasteiger partial charge in [0.1, 0.15) is 6.54 Å². The molecule has 0 aliphatic heterocycles. The van der Waals surface area contributed by atoms with E-state index in [0.29, 0.717) is 10.7 Å². The molecule has 4 aromatic rings. The number of carbonyl (C=O) groups is 1. The SMILES string of the molecule is Cc1ccc(S(=O)(=O)N(CC(=O)N/N=C\c2cc(C)n(-c3ccc(Cl)cc3)c2C)c2ccccc2C)cc1. The summed E-state index contributed by atoms with van der Waals surface area (Å²) in [4.78, 5) is 13.0. The van der Waals surface area contributed by atoms with Crippen molar-refractivity contribution in [2.75, 3.05) is 10.8 Å². The lowest BCUT2D eigenvalue weighted by atomic mass is 10.2. The Labute approximate surface area is 228 Å². The maximum absolute atomic E-state index is 13.6. The predicted molar refractivity (Wildman–Crippen MR) is 153 cm³/mol. The molecular weight excluding hydrogens is 520 g/mol. The molecule has 0 atom stereocenters. The highest BCUT2D eigenvalue weighted by Gasteiger charge is 2.28. The third-order valence-corrected chi connectivity index (χ3v) is 8.25. The summed E-state index contributed by atoms with van der Waals surface area (Å²) in [5.41, 5.74) is 8.29. The van der Waals surface area contributed by atoms with E-state index >= 15 is 0 Å². The molecule has 0 unspecified atom stereocenters. The van der Waals surface area contributed by atoms with Crippen LogP contribution in [0.5, 0.6) is 0 Å². The number of carbonyl (C=O) groups excluding carboxylic acids is 1. The number of hydrazone groups is 1. The molecule has 0 fully saturated rings. The van der Waals surface area contributed by atoms with Crippen molar-refractivity contribution in [1.29, 1.82) is 0 Å². The second-order valence-electron chi connectivity index (χ2n) is 9.04. The molecule has 7 nitrogen and oxygen atoms in total. The summed E-state index contributed by atoms with van der Waals surface area (Å²) in [6, 6.07) is 23.1. The number of hydrogen-bond donors (Lipinski definition) is 1. The number of benzene rings is 3. The third kappa shape index (κ3) is 5.82. The van der Waals surface area contributed by atoms with Crippen LogP contribution in [-0.2, 0) is 14.8 Å². The minimum absolute atomic E-state index is 0.109. The van der Waals surface area contributed by atoms with Gasteiger partial charge in [0.15, 0.2) is 0 Å². The topological polar surface area (TPSA) is 83.8 Å². The zero-order valence-corrected chi connectivity index (χ0v) is 23.2. The molecule has 0 spiro atoms. The molecule has 0 aliphatic carbocycles. The van der Waals surface area contributed by atoms with E-state index in [2.05, 4.69) is 15.1 Å². The van der Waals surface area contributed by atoms with Gasteiger partial charge < -0.3 is 4.57 Å². The Morgan fingerprint density at radius 2 is 1.63 bits per heavy atom. The summed E-state index contributed by atoms with van der Waals surface area (Å²) in [5.74, 6) is -0.563. The number of rotatable bonds is 8. The van der Waals surface area contributed by atoms with Crippen LogP contribution in [0.4, 0.5) is 5.69 Å². The monoisotopic (exact) mass is 548 g/mol. The maximum atomic E-state index is 13.6. The first-order chi connectivity index (χ1) is 18.1. The summed E-state index contributed by atoms with van der Waals surface area (Å²) < 4.78 is 30.3. The summed E-state index contributed by atoms with van der Waals surface area (Å²) in [7, 11) is -4.00. The Bertz CT molecular complexity index is 1590. The van der Waals surface area contributed by atoms with Gasteiger partial charge in [0.25, 0.3) is 15.9 Å². The van der Waals surface area contributed by atoms with Crippen molar-refractivity contribution in [1.82, 2.24) is 9.99 Å². The number of anilines is 1. The van der Waals surface area contributed by atoms with Gasteiger partial charge in [-0.15, -0.1) is 0 Å². The highest BCUT2D eigenvalue weighted by atomic mass is 35.5. The normalized spacial score (nSPS) is 11.6. The molecule has 0 saturated carbocycles. The van der Waals surface area contributed by atoms with E-state index in [9.17, 15) is 13.2 Å². The van der Waals surface area contributed by atoms with Crippen LogP contribution in [0.2, 0.25) is 5.02 Å². The molecule has 4 rings (SSSR count). The fourth-order valence-electron chi connectivity index (χ4n) is 4.23. The number of halogens is 1. The van der Waals surface area contributed by atoms with Crippen LogP contribution >= 0.6 is 11.6 Å². The smallest absolute Gasteiger partial charge is 0.264 e. The van der Waals surface area contributed by atoms with Crippen molar-refractivity contribution in [3.05, 3.63) is 112 Å². The van der Waals surface area contributed by atoms with E-state index in [1.54, 1.807) is 55.6 Å². The van der Waals surface area contributed by atoms with E-state index in [4.69, 9.17) is 11.6 Å². The Balaban J connectivity index is 1.56. The molecule has 1 amide bonds. The van der Waals surface area contributed by atoms with Gasteiger partial charge in [-0.1, -0.05) is 47.5 Å². The third-order valence-electron chi connectivity index (χ3n) is 6.23. The second kappa shape index (κ2) is 11.2. The lowest BCUT2D eigenvalue weighted by Crippen LogP contribution is -2.40. The van der Waals surface area contributed by atoms with E-state index < -0.39 is 22.5 Å². The van der Waals surface area contributed by atoms with Gasteiger partial charge in [0, 0.05) is 27.7 Å². The molecule has 9 heteroatoms. The largest absolute Gasteiger partial charge is 0.318 e. The average Bonchev–Trinajstić information content (AvgIpc) is 3.16. The van der Waals surface area contributed by atoms with Crippen molar-refractivity contribution in [3.8, 4) is 5.69 Å². The van der Waals surface area contributed by atoms with Gasteiger partial charge in [-0.25, -0.2) is 13.8 Å². The van der Waals surface area contributed by atoms with Crippen molar-refractivity contribution in [2.45, 2.75) is 32.6 Å². The molecule has 38 heavy (non-hydrogen) atoms. The quantitative estimate of drug-likeness (QED) is 0.226. The van der Waals surface area contributed by atoms with Gasteiger partial charge >= 0.3 is 0 Å². The molecule has 0 radical (unpaired) electrons. The van der Waals surface area contributed by atoms with Crippen LogP contribution in [0.25, 0.3) is 5.69 Å². The average molecular weight is 549 g/mol. The number of aryl methyl sites for hydroxylation is 3. The first-order valence-corrected chi connectivity index (χ1v) is 13.8. The Morgan fingerprint density at radius 3 is 2.29 bits per heavy atom. The molecular formula is C29H29ClN4O3S. The predicted octanol–water partition coefficient (Wildman–Crippen LogP) is 5.71. The maximum Gasteiger partial charge on any atom is 0.264 e. The van der Waals surface area contributed by atoms with E-state index in [-0.39, 0.29) is 4.90 Å². The van der Waals surface area contributed by atoms with Crippen LogP contribution in [-0.4, -0.2) is 31.7 Å². The Morgan fingerprint density at radius 1 is 0.974 bits per heavy atom. The van der Waals surface area contributed by atoms with Gasteiger partial charge in [-0.3, -0.25) is 9.10 Å². The molecule has 1 heterocycles. The molecule has 196 valence electrons. The number of nitrogens with one attached hydrogen (secondary N) is 1. The number of hydrogen-bond acceptors (Lipinski definition) is 4. The minimum atomic E-state index is -4.00. The van der Waals surface area contributed by atoms with Crippen molar-refractivity contribution in [3.63, 3.8) is 0 Å². The van der Waals surface area contributed by atoms with Gasteiger partial charge in [0.05, 0.1) is 16.8 Å². The number of para-hydroxylation sites is 1. The molecule has 1 aromatic heterocycles. The van der Waals surface area contributed by atoms with E-state index in [1.807, 2.05) is 57.2 Å². The lowest BCUT2D eigenvalue weighted by molar-refractivity contribution is -0.119. The van der Waals surface area contributed by atoms with Crippen molar-refractivity contribution in [2.24, 2.45) is 5.10 Å². The molecule has 0 bridgehead atoms. The fraction of sp³-hybridized carbons (Fsp3) is 0.172. The molecule has 1 N–H and O–H groups in total. The summed E-state index contributed by atoms with van der Waals surface area (Å²) >= 11 is 6.02. The van der Waals surface area contributed by atoms with Gasteiger partial charge in [-0.05, 0) is 81.8 Å². The van der Waals surface area contributed by atoms with Gasteiger partial charge in [-0.2, -0.15) is 5.10 Å². The molecule has 0 aliphatic rings. The van der Waals surface area contributed by atoms with Crippen LogP contribution in [0, 0.1) is 27.7 Å². The standard InChI is InChI=1S/C29H29ClN4O3S/c1-20-9-15-27(16-10-20)38(36,37)33(28-8-6-5-7-21(28)2)19-29(35)32-31-18-24-17-22(3)34(23(24)4)26-13-11-25(30)12-14-26/h5-18H,19H2,1-4H3,(H,32,35)/b31-18-. The molecule has 3 aromatic carbocycles. The highest BCUT2D eigenvalue weighted by molar-refractivity contribution is 7.92.